The van der Waals surface area contributed by atoms with Crippen molar-refractivity contribution < 1.29 is 27.9 Å². The number of hydrogen-bond donors (Lipinski definition) is 2. The van der Waals surface area contributed by atoms with Gasteiger partial charge in [-0.2, -0.15) is 0 Å². The maximum absolute atomic E-state index is 11.9. The third-order valence-electron chi connectivity index (χ3n) is 3.09. The van der Waals surface area contributed by atoms with Crippen molar-refractivity contribution in [2.75, 3.05) is 5.75 Å². The molecule has 0 saturated heterocycles. The fourth-order valence-corrected chi connectivity index (χ4v) is 2.83. The molecule has 7 nitrogen and oxygen atoms in total. The number of benzene rings is 1. The van der Waals surface area contributed by atoms with Crippen LogP contribution in [-0.4, -0.2) is 36.9 Å². The number of sulfone groups is 1. The first-order chi connectivity index (χ1) is 10.9. The summed E-state index contributed by atoms with van der Waals surface area (Å²) >= 11 is 0. The van der Waals surface area contributed by atoms with Gasteiger partial charge >= 0.3 is 12.1 Å². The summed E-state index contributed by atoms with van der Waals surface area (Å²) in [4.78, 5) is 23.1. The van der Waals surface area contributed by atoms with E-state index >= 15 is 0 Å². The van der Waals surface area contributed by atoms with Crippen LogP contribution in [0.1, 0.15) is 45.7 Å². The smallest absolute Gasteiger partial charge is 0.408 e. The quantitative estimate of drug-likeness (QED) is 0.809. The summed E-state index contributed by atoms with van der Waals surface area (Å²) in [7, 11) is -3.34. The molecule has 0 heterocycles. The lowest BCUT2D eigenvalue weighted by Gasteiger charge is -2.23. The van der Waals surface area contributed by atoms with Crippen molar-refractivity contribution in [3.05, 3.63) is 29.8 Å². The zero-order chi connectivity index (χ0) is 18.5. The molecule has 0 spiro atoms. The second-order valence-corrected chi connectivity index (χ2v) is 8.55. The molecule has 1 amide bonds. The minimum atomic E-state index is -3.34. The summed E-state index contributed by atoms with van der Waals surface area (Å²) in [5, 5.41) is 11.5. The Morgan fingerprint density at radius 3 is 2.17 bits per heavy atom. The highest BCUT2D eigenvalue weighted by Gasteiger charge is 2.23. The number of nitrogens with one attached hydrogen (secondary N) is 1. The molecule has 0 aromatic heterocycles. The van der Waals surface area contributed by atoms with E-state index in [9.17, 15) is 18.0 Å². The third kappa shape index (κ3) is 6.19. The summed E-state index contributed by atoms with van der Waals surface area (Å²) in [5.41, 5.74) is -0.227. The van der Waals surface area contributed by atoms with Crippen LogP contribution in [0, 0.1) is 0 Å². The average Bonchev–Trinajstić information content (AvgIpc) is 2.44. The molecule has 0 aliphatic carbocycles. The number of alkyl carbamates (subject to hydrolysis) is 1. The molecular weight excluding hydrogens is 334 g/mol. The zero-order valence-electron chi connectivity index (χ0n) is 14.2. The first-order valence-corrected chi connectivity index (χ1v) is 9.14. The Labute approximate surface area is 141 Å². The zero-order valence-corrected chi connectivity index (χ0v) is 15.0. The lowest BCUT2D eigenvalue weighted by atomic mass is 10.0. The van der Waals surface area contributed by atoms with E-state index in [4.69, 9.17) is 9.84 Å². The Balaban J connectivity index is 3.00. The molecule has 0 aliphatic rings. The van der Waals surface area contributed by atoms with Crippen LogP contribution in [0.5, 0.6) is 0 Å². The molecule has 1 aromatic rings. The van der Waals surface area contributed by atoms with E-state index in [0.29, 0.717) is 5.56 Å². The minimum absolute atomic E-state index is 0.0267. The minimum Gasteiger partial charge on any atom is -0.481 e. The van der Waals surface area contributed by atoms with E-state index in [0.717, 1.165) is 0 Å². The van der Waals surface area contributed by atoms with Crippen LogP contribution in [0.3, 0.4) is 0 Å². The Morgan fingerprint density at radius 1 is 1.21 bits per heavy atom. The number of aliphatic carboxylic acids is 1. The summed E-state index contributed by atoms with van der Waals surface area (Å²) < 4.78 is 28.7. The van der Waals surface area contributed by atoms with Gasteiger partial charge in [0.05, 0.1) is 23.1 Å². The first-order valence-electron chi connectivity index (χ1n) is 7.48. The summed E-state index contributed by atoms with van der Waals surface area (Å²) in [5.74, 6) is -1.12. The van der Waals surface area contributed by atoms with Gasteiger partial charge in [0, 0.05) is 0 Å². The molecule has 1 atom stereocenters. The maximum atomic E-state index is 11.9. The molecule has 0 saturated carbocycles. The Hall–Kier alpha value is -2.09. The molecule has 0 bridgehead atoms. The third-order valence-corrected chi connectivity index (χ3v) is 4.84. The van der Waals surface area contributed by atoms with Crippen molar-refractivity contribution >= 4 is 21.9 Å². The molecule has 0 aliphatic heterocycles. The van der Waals surface area contributed by atoms with Crippen LogP contribution in [0.25, 0.3) is 0 Å². The van der Waals surface area contributed by atoms with Crippen molar-refractivity contribution in [3.8, 4) is 0 Å². The molecule has 1 rings (SSSR count). The Morgan fingerprint density at radius 2 is 1.75 bits per heavy atom. The predicted molar refractivity (Wildman–Crippen MR) is 88.5 cm³/mol. The van der Waals surface area contributed by atoms with E-state index in [1.165, 1.54) is 24.3 Å². The molecule has 0 fully saturated rings. The highest BCUT2D eigenvalue weighted by atomic mass is 32.2. The first kappa shape index (κ1) is 20.0. The molecular formula is C16H23NO6S. The molecule has 24 heavy (non-hydrogen) atoms. The van der Waals surface area contributed by atoms with Gasteiger partial charge in [0.1, 0.15) is 5.60 Å². The number of carbonyl (C=O) groups excluding carboxylic acids is 1. The standard InChI is InChI=1S/C16H23NO6S/c1-5-24(21,22)12-8-6-11(7-9-12)13(10-14(18)19)17-15(20)23-16(2,3)4/h6-9,13H,5,10H2,1-4H3,(H,17,20)(H,18,19). The van der Waals surface area contributed by atoms with Gasteiger partial charge in [-0.05, 0) is 38.5 Å². The van der Waals surface area contributed by atoms with Gasteiger partial charge in [0.2, 0.25) is 0 Å². The van der Waals surface area contributed by atoms with Crippen molar-refractivity contribution in [2.24, 2.45) is 0 Å². The normalized spacial score (nSPS) is 13.2. The largest absolute Gasteiger partial charge is 0.481 e. The highest BCUT2D eigenvalue weighted by Crippen LogP contribution is 2.21. The van der Waals surface area contributed by atoms with E-state index < -0.39 is 33.5 Å². The van der Waals surface area contributed by atoms with Crippen molar-refractivity contribution in [3.63, 3.8) is 0 Å². The second kappa shape index (κ2) is 7.65. The van der Waals surface area contributed by atoms with Crippen molar-refractivity contribution in [1.29, 1.82) is 0 Å². The van der Waals surface area contributed by atoms with Crippen LogP contribution in [0.15, 0.2) is 29.2 Å². The Kier molecular flexibility index (Phi) is 6.36. The number of carboxylic acid groups (broad SMARTS) is 1. The van der Waals surface area contributed by atoms with Gasteiger partial charge in [-0.3, -0.25) is 4.79 Å². The number of rotatable bonds is 6. The lowest BCUT2D eigenvalue weighted by molar-refractivity contribution is -0.137. The number of ether oxygens (including phenoxy) is 1. The predicted octanol–water partition coefficient (Wildman–Crippen LogP) is 2.52. The maximum Gasteiger partial charge on any atom is 0.408 e. The fraction of sp³-hybridized carbons (Fsp3) is 0.500. The van der Waals surface area contributed by atoms with E-state index in [2.05, 4.69) is 5.32 Å². The fourth-order valence-electron chi connectivity index (χ4n) is 1.95. The van der Waals surface area contributed by atoms with Crippen LogP contribution >= 0.6 is 0 Å². The van der Waals surface area contributed by atoms with Gasteiger partial charge in [-0.15, -0.1) is 0 Å². The number of carboxylic acids is 1. The number of amides is 1. The monoisotopic (exact) mass is 357 g/mol. The molecule has 0 radical (unpaired) electrons. The number of hydrogen-bond acceptors (Lipinski definition) is 5. The van der Waals surface area contributed by atoms with Crippen LogP contribution in [-0.2, 0) is 19.4 Å². The summed E-state index contributed by atoms with van der Waals surface area (Å²) in [6.45, 7) is 6.64. The van der Waals surface area contributed by atoms with Gasteiger partial charge in [0.25, 0.3) is 0 Å². The van der Waals surface area contributed by atoms with E-state index in [-0.39, 0.29) is 17.1 Å². The topological polar surface area (TPSA) is 110 Å². The van der Waals surface area contributed by atoms with Crippen molar-refractivity contribution in [1.82, 2.24) is 5.32 Å². The van der Waals surface area contributed by atoms with Gasteiger partial charge < -0.3 is 15.2 Å². The van der Waals surface area contributed by atoms with Crippen LogP contribution in [0.4, 0.5) is 4.79 Å². The highest BCUT2D eigenvalue weighted by molar-refractivity contribution is 7.91. The second-order valence-electron chi connectivity index (χ2n) is 6.27. The van der Waals surface area contributed by atoms with Gasteiger partial charge in [-0.1, -0.05) is 19.1 Å². The SMILES string of the molecule is CCS(=O)(=O)c1ccc(C(CC(=O)O)NC(=O)OC(C)(C)C)cc1. The average molecular weight is 357 g/mol. The lowest BCUT2D eigenvalue weighted by Crippen LogP contribution is -2.35. The van der Waals surface area contributed by atoms with E-state index in [1.54, 1.807) is 27.7 Å². The van der Waals surface area contributed by atoms with Crippen molar-refractivity contribution in [2.45, 2.75) is 50.7 Å². The molecule has 1 aromatic carbocycles. The van der Waals surface area contributed by atoms with E-state index in [1.807, 2.05) is 0 Å². The Bertz CT molecular complexity index is 688. The van der Waals surface area contributed by atoms with Crippen LogP contribution in [0.2, 0.25) is 0 Å². The van der Waals surface area contributed by atoms with Gasteiger partial charge in [0.15, 0.2) is 9.84 Å². The molecule has 8 heteroatoms. The molecule has 134 valence electrons. The van der Waals surface area contributed by atoms with Gasteiger partial charge in [-0.25, -0.2) is 13.2 Å². The summed E-state index contributed by atoms with van der Waals surface area (Å²) in [6.07, 6.45) is -1.09. The summed E-state index contributed by atoms with van der Waals surface area (Å²) in [6, 6.07) is 4.97. The molecule has 2 N–H and O–H groups in total. The molecule has 1 unspecified atom stereocenters. The number of carbonyl (C=O) groups is 2. The van der Waals surface area contributed by atoms with Crippen LogP contribution < -0.4 is 5.32 Å².